The first-order chi connectivity index (χ1) is 10.7. The van der Waals surface area contributed by atoms with Crippen molar-refractivity contribution < 1.29 is 14.3 Å². The fourth-order valence-electron chi connectivity index (χ4n) is 2.34. The summed E-state index contributed by atoms with van der Waals surface area (Å²) in [7, 11) is 1.36. The van der Waals surface area contributed by atoms with E-state index < -0.39 is 0 Å². The fourth-order valence-corrected chi connectivity index (χ4v) is 2.83. The summed E-state index contributed by atoms with van der Waals surface area (Å²) in [5.74, 6) is -0.293. The number of aryl methyl sites for hydroxylation is 1. The van der Waals surface area contributed by atoms with Crippen molar-refractivity contribution in [3.8, 4) is 0 Å². The van der Waals surface area contributed by atoms with Crippen molar-refractivity contribution in [2.45, 2.75) is 18.2 Å². The van der Waals surface area contributed by atoms with Crippen molar-refractivity contribution in [1.82, 2.24) is 0 Å². The number of benzene rings is 2. The van der Waals surface area contributed by atoms with E-state index in [4.69, 9.17) is 4.74 Å². The zero-order chi connectivity index (χ0) is 15.9. The number of alkyl halides is 1. The quantitative estimate of drug-likeness (QED) is 0.440. The highest BCUT2D eigenvalue weighted by Crippen LogP contribution is 2.17. The van der Waals surface area contributed by atoms with E-state index in [1.165, 1.54) is 7.11 Å². The Labute approximate surface area is 138 Å². The number of carbonyl (C=O) groups excluding carboxylic acids is 2. The maximum absolute atomic E-state index is 12.4. The first-order valence-electron chi connectivity index (χ1n) is 7.00. The molecule has 0 bridgehead atoms. The maximum Gasteiger partial charge on any atom is 0.338 e. The Kier molecular flexibility index (Phi) is 5.90. The molecule has 2 rings (SSSR count). The minimum Gasteiger partial charge on any atom is -0.465 e. The summed E-state index contributed by atoms with van der Waals surface area (Å²) >= 11 is 3.40. The molecule has 0 N–H and O–H groups in total. The van der Waals surface area contributed by atoms with Crippen LogP contribution in [0.15, 0.2) is 48.5 Å². The SMILES string of the molecule is COC(=O)c1ccccc1CCC(=O)c1ccccc1CBr. The number of Topliss-reactive ketones (excluding diaryl/α,β-unsaturated/α-hetero) is 1. The van der Waals surface area contributed by atoms with Gasteiger partial charge >= 0.3 is 5.97 Å². The van der Waals surface area contributed by atoms with Crippen molar-refractivity contribution in [2.24, 2.45) is 0 Å². The van der Waals surface area contributed by atoms with E-state index in [2.05, 4.69) is 15.9 Å². The molecule has 2 aromatic rings. The van der Waals surface area contributed by atoms with Crippen LogP contribution in [0.25, 0.3) is 0 Å². The van der Waals surface area contributed by atoms with E-state index in [1.54, 1.807) is 12.1 Å². The van der Waals surface area contributed by atoms with Gasteiger partial charge in [0, 0.05) is 17.3 Å². The molecule has 0 aromatic heterocycles. The topological polar surface area (TPSA) is 43.4 Å². The molecule has 0 unspecified atom stereocenters. The van der Waals surface area contributed by atoms with Gasteiger partial charge in [0.05, 0.1) is 12.7 Å². The Bertz CT molecular complexity index is 680. The van der Waals surface area contributed by atoms with Crippen LogP contribution in [0.1, 0.15) is 38.3 Å². The average molecular weight is 361 g/mol. The van der Waals surface area contributed by atoms with Gasteiger partial charge in [-0.15, -0.1) is 0 Å². The predicted molar refractivity (Wildman–Crippen MR) is 89.5 cm³/mol. The van der Waals surface area contributed by atoms with Crippen LogP contribution in [0, 0.1) is 0 Å². The van der Waals surface area contributed by atoms with E-state index in [9.17, 15) is 9.59 Å². The third-order valence-corrected chi connectivity index (χ3v) is 4.11. The Morgan fingerprint density at radius 2 is 1.55 bits per heavy atom. The summed E-state index contributed by atoms with van der Waals surface area (Å²) in [6.07, 6.45) is 0.874. The van der Waals surface area contributed by atoms with Crippen LogP contribution < -0.4 is 0 Å². The lowest BCUT2D eigenvalue weighted by molar-refractivity contribution is 0.0599. The second-order valence-corrected chi connectivity index (χ2v) is 5.42. The Hall–Kier alpha value is -1.94. The Morgan fingerprint density at radius 3 is 2.18 bits per heavy atom. The molecule has 114 valence electrons. The molecular weight excluding hydrogens is 344 g/mol. The number of carbonyl (C=O) groups is 2. The summed E-state index contributed by atoms with van der Waals surface area (Å²) in [5, 5.41) is 0.646. The maximum atomic E-state index is 12.4. The highest BCUT2D eigenvalue weighted by Gasteiger charge is 2.14. The third-order valence-electron chi connectivity index (χ3n) is 3.51. The zero-order valence-electron chi connectivity index (χ0n) is 12.3. The molecule has 0 heterocycles. The average Bonchev–Trinajstić information content (AvgIpc) is 2.59. The number of halogens is 1. The molecule has 0 aliphatic heterocycles. The fraction of sp³-hybridized carbons (Fsp3) is 0.222. The standard InChI is InChI=1S/C18H17BrO3/c1-22-18(21)16-9-5-2-6-13(16)10-11-17(20)15-8-4-3-7-14(15)12-19/h2-9H,10-12H2,1H3. The second-order valence-electron chi connectivity index (χ2n) is 4.86. The van der Waals surface area contributed by atoms with E-state index in [-0.39, 0.29) is 11.8 Å². The molecule has 0 saturated carbocycles. The molecule has 22 heavy (non-hydrogen) atoms. The van der Waals surface area contributed by atoms with Gasteiger partial charge in [0.1, 0.15) is 0 Å². The van der Waals surface area contributed by atoms with Gasteiger partial charge in [-0.1, -0.05) is 58.4 Å². The molecule has 3 nitrogen and oxygen atoms in total. The number of ether oxygens (including phenoxy) is 1. The molecule has 0 saturated heterocycles. The van der Waals surface area contributed by atoms with Crippen molar-refractivity contribution in [2.75, 3.05) is 7.11 Å². The van der Waals surface area contributed by atoms with Gasteiger partial charge < -0.3 is 4.74 Å². The largest absolute Gasteiger partial charge is 0.465 e. The molecule has 0 spiro atoms. The van der Waals surface area contributed by atoms with Gasteiger partial charge in [-0.05, 0) is 23.6 Å². The lowest BCUT2D eigenvalue weighted by Gasteiger charge is -2.09. The molecule has 0 radical (unpaired) electrons. The van der Waals surface area contributed by atoms with E-state index >= 15 is 0 Å². The highest BCUT2D eigenvalue weighted by atomic mass is 79.9. The van der Waals surface area contributed by atoms with Crippen LogP contribution in [-0.2, 0) is 16.5 Å². The minimum absolute atomic E-state index is 0.0784. The second kappa shape index (κ2) is 7.90. The molecule has 0 amide bonds. The monoisotopic (exact) mass is 360 g/mol. The lowest BCUT2D eigenvalue weighted by atomic mass is 9.97. The van der Waals surface area contributed by atoms with Gasteiger partial charge in [-0.25, -0.2) is 4.79 Å². The summed E-state index contributed by atoms with van der Waals surface area (Å²) in [4.78, 5) is 24.1. The molecular formula is C18H17BrO3. The van der Waals surface area contributed by atoms with Crippen molar-refractivity contribution in [3.05, 3.63) is 70.8 Å². The number of methoxy groups -OCH3 is 1. The minimum atomic E-state index is -0.371. The number of hydrogen-bond acceptors (Lipinski definition) is 3. The van der Waals surface area contributed by atoms with Crippen LogP contribution in [0.5, 0.6) is 0 Å². The first kappa shape index (κ1) is 16.4. The highest BCUT2D eigenvalue weighted by molar-refractivity contribution is 9.08. The molecule has 0 fully saturated rings. The van der Waals surface area contributed by atoms with Gasteiger partial charge in [-0.2, -0.15) is 0 Å². The molecule has 0 aliphatic carbocycles. The van der Waals surface area contributed by atoms with Crippen LogP contribution >= 0.6 is 15.9 Å². The van der Waals surface area contributed by atoms with Gasteiger partial charge in [-0.3, -0.25) is 4.79 Å². The van der Waals surface area contributed by atoms with Gasteiger partial charge in [0.25, 0.3) is 0 Å². The number of esters is 1. The van der Waals surface area contributed by atoms with Crippen LogP contribution in [0.3, 0.4) is 0 Å². The molecule has 0 atom stereocenters. The molecule has 2 aromatic carbocycles. The Balaban J connectivity index is 2.13. The van der Waals surface area contributed by atoms with E-state index in [1.807, 2.05) is 36.4 Å². The Morgan fingerprint density at radius 1 is 0.955 bits per heavy atom. The number of hydrogen-bond donors (Lipinski definition) is 0. The zero-order valence-corrected chi connectivity index (χ0v) is 13.9. The summed E-state index contributed by atoms with van der Waals surface area (Å²) in [6.45, 7) is 0. The molecule has 4 heteroatoms. The predicted octanol–water partition coefficient (Wildman–Crippen LogP) is 4.18. The van der Waals surface area contributed by atoms with Crippen LogP contribution in [-0.4, -0.2) is 18.9 Å². The van der Waals surface area contributed by atoms with E-state index in [0.717, 1.165) is 16.7 Å². The third kappa shape index (κ3) is 3.83. The summed E-state index contributed by atoms with van der Waals surface area (Å²) < 4.78 is 4.77. The normalized spacial score (nSPS) is 10.3. The number of ketones is 1. The van der Waals surface area contributed by atoms with Crippen LogP contribution in [0.4, 0.5) is 0 Å². The van der Waals surface area contributed by atoms with Gasteiger partial charge in [0.15, 0.2) is 5.78 Å². The van der Waals surface area contributed by atoms with Crippen molar-refractivity contribution >= 4 is 27.7 Å². The van der Waals surface area contributed by atoms with Crippen molar-refractivity contribution in [1.29, 1.82) is 0 Å². The first-order valence-corrected chi connectivity index (χ1v) is 8.12. The molecule has 0 aliphatic rings. The van der Waals surface area contributed by atoms with Crippen LogP contribution in [0.2, 0.25) is 0 Å². The smallest absolute Gasteiger partial charge is 0.338 e. The summed E-state index contributed by atoms with van der Waals surface area (Å²) in [5.41, 5.74) is 3.06. The van der Waals surface area contributed by atoms with E-state index in [0.29, 0.717) is 23.7 Å². The number of rotatable bonds is 6. The summed E-state index contributed by atoms with van der Waals surface area (Å²) in [6, 6.07) is 14.8. The van der Waals surface area contributed by atoms with Crippen molar-refractivity contribution in [3.63, 3.8) is 0 Å². The van der Waals surface area contributed by atoms with Gasteiger partial charge in [0.2, 0.25) is 0 Å². The lowest BCUT2D eigenvalue weighted by Crippen LogP contribution is -2.08.